The van der Waals surface area contributed by atoms with Gasteiger partial charge in [-0.25, -0.2) is 14.4 Å². The van der Waals surface area contributed by atoms with Gasteiger partial charge >= 0.3 is 24.3 Å². The molecule has 0 radical (unpaired) electrons. The Balaban J connectivity index is 0.909. The third-order valence-electron chi connectivity index (χ3n) is 12.1. The Morgan fingerprint density at radius 1 is 0.820 bits per heavy atom. The second kappa shape index (κ2) is 17.6. The number of ether oxygens (including phenoxy) is 2. The van der Waals surface area contributed by atoms with Crippen molar-refractivity contribution in [2.45, 2.75) is 63.3 Å². The second-order valence-corrected chi connectivity index (χ2v) is 16.3. The maximum atomic E-state index is 14.2. The molecule has 0 unspecified atom stereocenters. The van der Waals surface area contributed by atoms with Crippen LogP contribution >= 0.6 is 11.6 Å². The van der Waals surface area contributed by atoms with Gasteiger partial charge in [0, 0.05) is 69.7 Å². The third kappa shape index (κ3) is 9.36. The molecule has 2 fully saturated rings. The molecular weight excluding hydrogens is 813 g/mol. The highest BCUT2D eigenvalue weighted by atomic mass is 35.5. The summed E-state index contributed by atoms with van der Waals surface area (Å²) in [5.41, 5.74) is 9.45. The maximum Gasteiger partial charge on any atom is 0.418 e. The van der Waals surface area contributed by atoms with Crippen LogP contribution in [0.3, 0.4) is 0 Å². The Labute approximate surface area is 356 Å². The van der Waals surface area contributed by atoms with E-state index in [4.69, 9.17) is 26.8 Å². The van der Waals surface area contributed by atoms with E-state index in [1.165, 1.54) is 27.0 Å². The number of anilines is 3. The summed E-state index contributed by atoms with van der Waals surface area (Å²) in [6.45, 7) is 2.28. The third-order valence-corrected chi connectivity index (χ3v) is 12.4. The summed E-state index contributed by atoms with van der Waals surface area (Å²) in [5.74, 6) is -0.518. The number of nitrogens with zero attached hydrogens (tertiary/aromatic N) is 4. The smallest absolute Gasteiger partial charge is 0.418 e. The van der Waals surface area contributed by atoms with Crippen LogP contribution in [0.15, 0.2) is 78.9 Å². The average molecular weight is 859 g/mol. The van der Waals surface area contributed by atoms with Crippen LogP contribution in [0.1, 0.15) is 57.4 Å². The zero-order valence-corrected chi connectivity index (χ0v) is 34.1. The Kier molecular flexibility index (Phi) is 12.0. The fourth-order valence-corrected chi connectivity index (χ4v) is 8.93. The number of nitrogens with two attached hydrogens (primary N) is 1. The average Bonchev–Trinajstić information content (AvgIpc) is 3.66. The molecule has 1 atom stereocenters. The molecule has 0 bridgehead atoms. The molecule has 4 aromatic carbocycles. The molecule has 12 nitrogen and oxygen atoms in total. The van der Waals surface area contributed by atoms with Crippen molar-refractivity contribution in [2.24, 2.45) is 0 Å². The number of piperazine rings is 1. The number of urea groups is 1. The first-order valence-corrected chi connectivity index (χ1v) is 20.9. The van der Waals surface area contributed by atoms with Gasteiger partial charge in [-0.3, -0.25) is 4.79 Å². The summed E-state index contributed by atoms with van der Waals surface area (Å²) < 4.78 is 53.3. The van der Waals surface area contributed by atoms with Crippen molar-refractivity contribution in [1.82, 2.24) is 14.7 Å². The van der Waals surface area contributed by atoms with E-state index in [0.717, 1.165) is 42.3 Å². The molecule has 0 aromatic heterocycles. The monoisotopic (exact) mass is 858 g/mol. The SMILES string of the molecule is Nc1c(Cl)cc(C[C@@H](OC(=O)N2CCC(N3CCc4ccccc4NC3=O)CC2)C(=O)N2CCN(c3ccc(C(=O)Oc4ccc5c(c4)CCC5)cc3)CC2)cc1C(F)(F)F. The number of amides is 4. The standard InChI is InChI=1S/C45H46ClF3N6O6/c46-37-25-28(24-36(40(37)50)45(47,48)49)26-39(61-44(59)54-17-15-34(16-18-54)55-19-14-30-4-1-2-7-38(30)51-43(55)58)41(56)53-22-20-52(21-23-53)33-11-8-31(9-12-33)42(57)60-35-13-10-29-5-3-6-32(29)27-35/h1-2,4,7-13,24-25,27,34,39H,3,5-6,14-23,26,50H2,(H,51,58)/t39-/m1/s1. The number of carbonyl (C=O) groups is 4. The number of piperidine rings is 1. The zero-order chi connectivity index (χ0) is 42.8. The van der Waals surface area contributed by atoms with Crippen LogP contribution < -0.4 is 20.7 Å². The molecule has 16 heteroatoms. The van der Waals surface area contributed by atoms with Crippen LogP contribution in [-0.2, 0) is 41.4 Å². The van der Waals surface area contributed by atoms with Gasteiger partial charge in [-0.1, -0.05) is 35.9 Å². The first-order valence-electron chi connectivity index (χ1n) is 20.5. The Morgan fingerprint density at radius 3 is 2.28 bits per heavy atom. The predicted octanol–water partition coefficient (Wildman–Crippen LogP) is 7.60. The van der Waals surface area contributed by atoms with Gasteiger partial charge in [0.2, 0.25) is 0 Å². The van der Waals surface area contributed by atoms with Gasteiger partial charge in [-0.15, -0.1) is 0 Å². The van der Waals surface area contributed by atoms with Crippen molar-refractivity contribution in [1.29, 1.82) is 0 Å². The number of benzene rings is 4. The first kappa shape index (κ1) is 41.8. The summed E-state index contributed by atoms with van der Waals surface area (Å²) in [5, 5.41) is 2.65. The largest absolute Gasteiger partial charge is 0.436 e. The minimum absolute atomic E-state index is 0.0259. The fourth-order valence-electron chi connectivity index (χ4n) is 8.69. The number of halogens is 4. The highest BCUT2D eigenvalue weighted by Crippen LogP contribution is 2.38. The lowest BCUT2D eigenvalue weighted by Gasteiger charge is -2.39. The van der Waals surface area contributed by atoms with Crippen LogP contribution in [-0.4, -0.2) is 96.7 Å². The van der Waals surface area contributed by atoms with E-state index in [9.17, 15) is 32.3 Å². The van der Waals surface area contributed by atoms with Gasteiger partial charge in [-0.05, 0) is 115 Å². The van der Waals surface area contributed by atoms with Crippen LogP contribution in [0.5, 0.6) is 5.75 Å². The number of nitrogen functional groups attached to an aromatic ring is 1. The summed E-state index contributed by atoms with van der Waals surface area (Å²) in [4.78, 5) is 60.8. The van der Waals surface area contributed by atoms with Crippen LogP contribution in [0.4, 0.5) is 39.8 Å². The molecule has 4 aliphatic rings. The normalized spacial score (nSPS) is 17.5. The lowest BCUT2D eigenvalue weighted by atomic mass is 10.0. The van der Waals surface area contributed by atoms with Gasteiger partial charge in [0.05, 0.1) is 21.8 Å². The van der Waals surface area contributed by atoms with Crippen molar-refractivity contribution in [3.63, 3.8) is 0 Å². The van der Waals surface area contributed by atoms with Gasteiger partial charge in [0.1, 0.15) is 5.75 Å². The van der Waals surface area contributed by atoms with E-state index in [-0.39, 0.29) is 55.3 Å². The molecule has 3 heterocycles. The minimum Gasteiger partial charge on any atom is -0.436 e. The fraction of sp³-hybridized carbons (Fsp3) is 0.378. The summed E-state index contributed by atoms with van der Waals surface area (Å²) in [6.07, 6.45) is -2.72. The molecule has 320 valence electrons. The molecular formula is C45H46ClF3N6O6. The molecule has 2 saturated heterocycles. The van der Waals surface area contributed by atoms with Crippen molar-refractivity contribution in [3.05, 3.63) is 117 Å². The molecule has 0 saturated carbocycles. The van der Waals surface area contributed by atoms with E-state index in [0.29, 0.717) is 50.2 Å². The number of aryl methyl sites for hydroxylation is 2. The number of nitrogens with one attached hydrogen (secondary N) is 1. The van der Waals surface area contributed by atoms with Crippen molar-refractivity contribution >= 4 is 52.7 Å². The van der Waals surface area contributed by atoms with Gasteiger partial charge in [-0.2, -0.15) is 13.2 Å². The van der Waals surface area contributed by atoms with Crippen LogP contribution in [0.2, 0.25) is 5.02 Å². The number of rotatable bonds is 8. The molecule has 4 amide bonds. The highest BCUT2D eigenvalue weighted by molar-refractivity contribution is 6.33. The van der Waals surface area contributed by atoms with E-state index < -0.39 is 41.5 Å². The number of para-hydroxylation sites is 1. The van der Waals surface area contributed by atoms with E-state index in [1.54, 1.807) is 17.0 Å². The van der Waals surface area contributed by atoms with Gasteiger partial charge in [0.15, 0.2) is 6.10 Å². The van der Waals surface area contributed by atoms with Gasteiger partial charge < -0.3 is 40.1 Å². The van der Waals surface area contributed by atoms with Crippen LogP contribution in [0, 0.1) is 0 Å². The molecule has 3 N–H and O–H groups in total. The molecule has 3 aliphatic heterocycles. The number of hydrogen-bond donors (Lipinski definition) is 2. The van der Waals surface area contributed by atoms with E-state index in [2.05, 4.69) is 5.32 Å². The van der Waals surface area contributed by atoms with Crippen molar-refractivity contribution in [2.75, 3.05) is 61.8 Å². The Hall–Kier alpha value is -5.96. The summed E-state index contributed by atoms with van der Waals surface area (Å²) in [7, 11) is 0. The molecule has 0 spiro atoms. The number of fused-ring (bicyclic) bond motifs is 2. The molecule has 61 heavy (non-hydrogen) atoms. The van der Waals surface area contributed by atoms with Gasteiger partial charge in [0.25, 0.3) is 5.91 Å². The second-order valence-electron chi connectivity index (χ2n) is 15.9. The van der Waals surface area contributed by atoms with Crippen LogP contribution in [0.25, 0.3) is 0 Å². The minimum atomic E-state index is -4.81. The summed E-state index contributed by atoms with van der Waals surface area (Å²) >= 11 is 6.14. The quantitative estimate of drug-likeness (QED) is 0.105. The van der Waals surface area contributed by atoms with Crippen molar-refractivity contribution < 1.29 is 41.8 Å². The number of esters is 1. The number of alkyl halides is 3. The maximum absolute atomic E-state index is 14.2. The zero-order valence-electron chi connectivity index (χ0n) is 33.4. The lowest BCUT2D eigenvalue weighted by molar-refractivity contribution is -0.141. The van der Waals surface area contributed by atoms with Crippen molar-refractivity contribution in [3.8, 4) is 5.75 Å². The predicted molar refractivity (Wildman–Crippen MR) is 224 cm³/mol. The number of carbonyl (C=O) groups excluding carboxylic acids is 4. The molecule has 1 aliphatic carbocycles. The lowest BCUT2D eigenvalue weighted by Crippen LogP contribution is -2.54. The highest BCUT2D eigenvalue weighted by Gasteiger charge is 2.38. The molecule has 4 aromatic rings. The summed E-state index contributed by atoms with van der Waals surface area (Å²) in [6, 6.07) is 22.1. The molecule has 8 rings (SSSR count). The van der Waals surface area contributed by atoms with E-state index >= 15 is 0 Å². The van der Waals surface area contributed by atoms with E-state index in [1.807, 2.05) is 59.5 Å². The Morgan fingerprint density at radius 2 is 1.54 bits per heavy atom. The first-order chi connectivity index (χ1) is 29.3. The topological polar surface area (TPSA) is 138 Å². The Bertz CT molecular complexity index is 2310. The number of hydrogen-bond acceptors (Lipinski definition) is 8. The number of likely N-dealkylation sites (tertiary alicyclic amines) is 1.